The third-order valence-corrected chi connectivity index (χ3v) is 1.51. The minimum atomic E-state index is -0.841. The van der Waals surface area contributed by atoms with Crippen LogP contribution in [0.3, 0.4) is 0 Å². The lowest BCUT2D eigenvalue weighted by atomic mass is 10.1. The van der Waals surface area contributed by atoms with Crippen LogP contribution < -0.4 is 5.73 Å². The molecule has 0 aliphatic heterocycles. The lowest BCUT2D eigenvalue weighted by molar-refractivity contribution is -0.118. The predicted octanol–water partition coefficient (Wildman–Crippen LogP) is 1.13. The number of carbonyl (C=O) groups excluding carboxylic acids is 1. The van der Waals surface area contributed by atoms with Crippen LogP contribution in [0.15, 0.2) is 30.3 Å². The maximum Gasteiger partial charge on any atom is 0.325 e. The maximum atomic E-state index is 10.7. The smallest absolute Gasteiger partial charge is 0.325 e. The van der Waals surface area contributed by atoms with Gasteiger partial charge in [0.05, 0.1) is 0 Å². The maximum absolute atomic E-state index is 10.7. The molecule has 0 aromatic heterocycles. The lowest BCUT2D eigenvalue weighted by Gasteiger charge is -1.99. The second-order valence-electron chi connectivity index (χ2n) is 2.34. The van der Waals surface area contributed by atoms with Crippen LogP contribution in [0.4, 0.5) is 0 Å². The van der Waals surface area contributed by atoms with Gasteiger partial charge in [0.2, 0.25) is 0 Å². The highest BCUT2D eigenvalue weighted by atomic mass is 16.1. The van der Waals surface area contributed by atoms with Crippen molar-refractivity contribution in [3.8, 4) is 0 Å². The fraction of sp³-hybridized carbons (Fsp3) is 0.111. The van der Waals surface area contributed by atoms with E-state index in [4.69, 9.17) is 12.3 Å². The minimum Gasteiger partial charge on any atom is -0.363 e. The number of nitrogens with two attached hydrogens (primary N) is 1. The minimum absolute atomic E-state index is 0.601. The van der Waals surface area contributed by atoms with Gasteiger partial charge in [-0.1, -0.05) is 30.3 Å². The Hall–Kier alpha value is -1.82. The quantitative estimate of drug-likeness (QED) is 0.648. The summed E-state index contributed by atoms with van der Waals surface area (Å²) in [6.45, 7) is 6.75. The van der Waals surface area contributed by atoms with Crippen LogP contribution in [-0.4, -0.2) is 5.91 Å². The average molecular weight is 160 g/mol. The van der Waals surface area contributed by atoms with Crippen molar-refractivity contribution in [2.75, 3.05) is 0 Å². The first kappa shape index (κ1) is 8.28. The number of amides is 1. The number of benzene rings is 1. The first-order valence-corrected chi connectivity index (χ1v) is 3.46. The summed E-state index contributed by atoms with van der Waals surface area (Å²) in [4.78, 5) is 13.9. The molecule has 0 bridgehead atoms. The first-order chi connectivity index (χ1) is 5.75. The summed E-state index contributed by atoms with van der Waals surface area (Å²) in [7, 11) is 0. The van der Waals surface area contributed by atoms with Gasteiger partial charge in [-0.2, -0.15) is 0 Å². The summed E-state index contributed by atoms with van der Waals surface area (Å²) in [5.41, 5.74) is 5.68. The molecule has 0 saturated heterocycles. The summed E-state index contributed by atoms with van der Waals surface area (Å²) >= 11 is 0. The molecule has 0 saturated carbocycles. The van der Waals surface area contributed by atoms with Crippen LogP contribution in [0.1, 0.15) is 11.6 Å². The van der Waals surface area contributed by atoms with Gasteiger partial charge in [0.1, 0.15) is 0 Å². The van der Waals surface area contributed by atoms with Gasteiger partial charge >= 0.3 is 11.9 Å². The van der Waals surface area contributed by atoms with Gasteiger partial charge in [-0.25, -0.2) is 6.57 Å². The molecule has 3 nitrogen and oxygen atoms in total. The number of carbonyl (C=O) groups is 1. The summed E-state index contributed by atoms with van der Waals surface area (Å²) < 4.78 is 0. The monoisotopic (exact) mass is 160 g/mol. The number of rotatable bonds is 2. The molecule has 0 aliphatic carbocycles. The SMILES string of the molecule is [C-]#[N+]C(C(N)=O)c1ccccc1. The van der Waals surface area contributed by atoms with Gasteiger partial charge in [-0.3, -0.25) is 9.64 Å². The molecule has 12 heavy (non-hydrogen) atoms. The van der Waals surface area contributed by atoms with Crippen molar-refractivity contribution >= 4 is 5.91 Å². The molecule has 1 atom stereocenters. The summed E-state index contributed by atoms with van der Waals surface area (Å²) in [6, 6.07) is 7.96. The topological polar surface area (TPSA) is 47.5 Å². The van der Waals surface area contributed by atoms with Crippen molar-refractivity contribution in [1.82, 2.24) is 0 Å². The summed E-state index contributed by atoms with van der Waals surface area (Å²) in [6.07, 6.45) is 0. The van der Waals surface area contributed by atoms with Crippen LogP contribution in [-0.2, 0) is 4.79 Å². The van der Waals surface area contributed by atoms with Gasteiger partial charge in [0, 0.05) is 5.56 Å². The van der Waals surface area contributed by atoms with Gasteiger partial charge in [0.15, 0.2) is 0 Å². The van der Waals surface area contributed by atoms with E-state index in [2.05, 4.69) is 4.85 Å². The van der Waals surface area contributed by atoms with Crippen LogP contribution in [0.2, 0.25) is 0 Å². The molecule has 0 fully saturated rings. The number of hydrogen-bond donors (Lipinski definition) is 1. The van der Waals surface area contributed by atoms with E-state index in [-0.39, 0.29) is 0 Å². The Balaban J connectivity index is 2.98. The molecule has 2 N–H and O–H groups in total. The van der Waals surface area contributed by atoms with Crippen LogP contribution in [0.5, 0.6) is 0 Å². The molecular weight excluding hydrogens is 152 g/mol. The Kier molecular flexibility index (Phi) is 2.44. The van der Waals surface area contributed by atoms with Crippen molar-refractivity contribution in [3.05, 3.63) is 47.3 Å². The number of hydrogen-bond acceptors (Lipinski definition) is 1. The molecule has 3 heteroatoms. The molecule has 1 unspecified atom stereocenters. The van der Waals surface area contributed by atoms with E-state index in [0.717, 1.165) is 0 Å². The zero-order chi connectivity index (χ0) is 8.97. The zero-order valence-corrected chi connectivity index (χ0v) is 6.40. The molecule has 0 radical (unpaired) electrons. The van der Waals surface area contributed by atoms with Crippen molar-refractivity contribution in [1.29, 1.82) is 0 Å². The van der Waals surface area contributed by atoms with E-state index in [0.29, 0.717) is 5.56 Å². The van der Waals surface area contributed by atoms with E-state index in [1.54, 1.807) is 24.3 Å². The average Bonchev–Trinajstić information content (AvgIpc) is 2.07. The lowest BCUT2D eigenvalue weighted by Crippen LogP contribution is -2.18. The highest BCUT2D eigenvalue weighted by Crippen LogP contribution is 2.15. The first-order valence-electron chi connectivity index (χ1n) is 3.46. The van der Waals surface area contributed by atoms with Crippen molar-refractivity contribution in [2.24, 2.45) is 5.73 Å². The third-order valence-electron chi connectivity index (χ3n) is 1.51. The van der Waals surface area contributed by atoms with E-state index in [1.165, 1.54) is 0 Å². The van der Waals surface area contributed by atoms with Crippen molar-refractivity contribution in [2.45, 2.75) is 6.04 Å². The van der Waals surface area contributed by atoms with E-state index >= 15 is 0 Å². The third kappa shape index (κ3) is 1.61. The van der Waals surface area contributed by atoms with Crippen LogP contribution in [0.25, 0.3) is 4.85 Å². The molecule has 60 valence electrons. The van der Waals surface area contributed by atoms with E-state index in [9.17, 15) is 4.79 Å². The second-order valence-corrected chi connectivity index (χ2v) is 2.34. The Morgan fingerprint density at radius 3 is 2.42 bits per heavy atom. The predicted molar refractivity (Wildman–Crippen MR) is 45.0 cm³/mol. The molecule has 0 aliphatic rings. The highest BCUT2D eigenvalue weighted by Gasteiger charge is 2.21. The van der Waals surface area contributed by atoms with Gasteiger partial charge in [-0.05, 0) is 0 Å². The zero-order valence-electron chi connectivity index (χ0n) is 6.40. The fourth-order valence-electron chi connectivity index (χ4n) is 0.938. The standard InChI is InChI=1S/C9H8N2O/c1-11-8(9(10)12)7-5-3-2-4-6-7/h2-6,8H,(H2,10,12). The highest BCUT2D eigenvalue weighted by molar-refractivity contribution is 5.83. The Labute approximate surface area is 70.6 Å². The largest absolute Gasteiger partial charge is 0.363 e. The molecular formula is C9H8N2O. The molecule has 1 rings (SSSR count). The van der Waals surface area contributed by atoms with Crippen molar-refractivity contribution in [3.63, 3.8) is 0 Å². The van der Waals surface area contributed by atoms with Crippen molar-refractivity contribution < 1.29 is 4.79 Å². The van der Waals surface area contributed by atoms with Crippen LogP contribution in [0, 0.1) is 6.57 Å². The normalized spacial score (nSPS) is 11.6. The summed E-state index contributed by atoms with van der Waals surface area (Å²) in [5.74, 6) is -0.601. The molecule has 0 heterocycles. The van der Waals surface area contributed by atoms with Gasteiger partial charge < -0.3 is 5.73 Å². The number of nitrogens with zero attached hydrogens (tertiary/aromatic N) is 1. The Bertz CT molecular complexity index is 313. The van der Waals surface area contributed by atoms with Gasteiger partial charge in [-0.15, -0.1) is 0 Å². The molecule has 1 amide bonds. The number of primary amides is 1. The van der Waals surface area contributed by atoms with E-state index in [1.807, 2.05) is 6.07 Å². The van der Waals surface area contributed by atoms with Crippen LogP contribution >= 0.6 is 0 Å². The second kappa shape index (κ2) is 3.54. The molecule has 1 aromatic rings. The molecule has 0 spiro atoms. The molecule has 1 aromatic carbocycles. The fourth-order valence-corrected chi connectivity index (χ4v) is 0.938. The Morgan fingerprint density at radius 1 is 1.42 bits per heavy atom. The van der Waals surface area contributed by atoms with Gasteiger partial charge in [0.25, 0.3) is 0 Å². The summed E-state index contributed by atoms with van der Waals surface area (Å²) in [5, 5.41) is 0. The van der Waals surface area contributed by atoms with E-state index < -0.39 is 11.9 Å². The Morgan fingerprint density at radius 2 is 2.00 bits per heavy atom.